The summed E-state index contributed by atoms with van der Waals surface area (Å²) >= 11 is 0. The minimum Gasteiger partial charge on any atom is -0.508 e. The maximum absolute atomic E-state index is 11.8. The Kier molecular flexibility index (Phi) is 2.53. The predicted octanol–water partition coefficient (Wildman–Crippen LogP) is 2.31. The van der Waals surface area contributed by atoms with Gasteiger partial charge in [0, 0.05) is 0 Å². The van der Waals surface area contributed by atoms with E-state index in [1.165, 1.54) is 6.07 Å². The molecule has 0 spiro atoms. The normalized spacial score (nSPS) is 9.92. The fourth-order valence-corrected chi connectivity index (χ4v) is 0.997. The van der Waals surface area contributed by atoms with Crippen molar-refractivity contribution in [2.24, 2.45) is 0 Å². The van der Waals surface area contributed by atoms with Crippen LogP contribution in [-0.2, 0) is 0 Å². The number of hydrogen-bond acceptors (Lipinski definition) is 2. The molecule has 12 heavy (non-hydrogen) atoms. The van der Waals surface area contributed by atoms with E-state index >= 15 is 0 Å². The summed E-state index contributed by atoms with van der Waals surface area (Å²) in [6.07, 6.45) is 0. The van der Waals surface area contributed by atoms with Gasteiger partial charge in [0.2, 0.25) is 6.86 Å². The first-order valence-electron chi connectivity index (χ1n) is 3.64. The van der Waals surface area contributed by atoms with Gasteiger partial charge >= 0.3 is 0 Å². The van der Waals surface area contributed by atoms with Crippen molar-refractivity contribution in [1.82, 2.24) is 0 Å². The van der Waals surface area contributed by atoms with Crippen LogP contribution in [-0.4, -0.2) is 12.0 Å². The van der Waals surface area contributed by atoms with E-state index in [9.17, 15) is 9.50 Å². The minimum atomic E-state index is -0.842. The first-order chi connectivity index (χ1) is 5.66. The molecule has 0 heterocycles. The maximum Gasteiger partial charge on any atom is 0.228 e. The molecule has 0 saturated carbocycles. The molecule has 0 aromatic heterocycles. The van der Waals surface area contributed by atoms with Crippen molar-refractivity contribution in [3.63, 3.8) is 0 Å². The van der Waals surface area contributed by atoms with Crippen molar-refractivity contribution in [2.45, 2.75) is 13.8 Å². The average molecular weight is 170 g/mol. The molecule has 1 rings (SSSR count). The summed E-state index contributed by atoms with van der Waals surface area (Å²) in [6.45, 7) is 2.70. The van der Waals surface area contributed by atoms with E-state index in [1.807, 2.05) is 0 Å². The molecule has 0 fully saturated rings. The van der Waals surface area contributed by atoms with Gasteiger partial charge in [-0.3, -0.25) is 0 Å². The highest BCUT2D eigenvalue weighted by Crippen LogP contribution is 2.27. The van der Waals surface area contributed by atoms with Gasteiger partial charge in [-0.05, 0) is 37.1 Å². The maximum atomic E-state index is 11.8. The highest BCUT2D eigenvalue weighted by atomic mass is 19.1. The lowest BCUT2D eigenvalue weighted by Crippen LogP contribution is -1.94. The summed E-state index contributed by atoms with van der Waals surface area (Å²) in [5, 5.41) is 9.24. The molecule has 0 saturated heterocycles. The number of ether oxygens (including phenoxy) is 1. The molecule has 3 heteroatoms. The van der Waals surface area contributed by atoms with Crippen molar-refractivity contribution in [3.8, 4) is 11.5 Å². The highest BCUT2D eigenvalue weighted by Gasteiger charge is 2.05. The third-order valence-corrected chi connectivity index (χ3v) is 1.92. The lowest BCUT2D eigenvalue weighted by molar-refractivity contribution is 0.190. The Labute approximate surface area is 70.6 Å². The van der Waals surface area contributed by atoms with Crippen LogP contribution in [0.5, 0.6) is 11.5 Å². The molecule has 0 radical (unpaired) electrons. The largest absolute Gasteiger partial charge is 0.508 e. The van der Waals surface area contributed by atoms with Crippen molar-refractivity contribution in [3.05, 3.63) is 23.3 Å². The molecular weight excluding hydrogens is 159 g/mol. The average Bonchev–Trinajstić information content (AvgIpc) is 2.07. The van der Waals surface area contributed by atoms with Crippen molar-refractivity contribution in [1.29, 1.82) is 0 Å². The van der Waals surface area contributed by atoms with Crippen LogP contribution in [0.25, 0.3) is 0 Å². The zero-order valence-electron chi connectivity index (χ0n) is 7.10. The number of rotatable bonds is 2. The molecule has 0 unspecified atom stereocenters. The van der Waals surface area contributed by atoms with Gasteiger partial charge in [0.25, 0.3) is 0 Å². The third-order valence-electron chi connectivity index (χ3n) is 1.92. The first-order valence-corrected chi connectivity index (χ1v) is 3.64. The van der Waals surface area contributed by atoms with Crippen LogP contribution in [0.1, 0.15) is 11.1 Å². The smallest absolute Gasteiger partial charge is 0.228 e. The number of benzene rings is 1. The van der Waals surface area contributed by atoms with E-state index in [1.54, 1.807) is 19.9 Å². The summed E-state index contributed by atoms with van der Waals surface area (Å²) in [7, 11) is 0. The second kappa shape index (κ2) is 3.43. The van der Waals surface area contributed by atoms with E-state index in [4.69, 9.17) is 4.74 Å². The van der Waals surface area contributed by atoms with E-state index in [0.717, 1.165) is 11.1 Å². The molecular formula is C9H11FO2. The number of hydrogen-bond donors (Lipinski definition) is 1. The Morgan fingerprint density at radius 3 is 2.58 bits per heavy atom. The Morgan fingerprint density at radius 2 is 2.00 bits per heavy atom. The van der Waals surface area contributed by atoms with Gasteiger partial charge in [0.15, 0.2) is 0 Å². The molecule has 0 atom stereocenters. The van der Waals surface area contributed by atoms with E-state index < -0.39 is 6.86 Å². The molecule has 1 N–H and O–H groups in total. The molecule has 0 aliphatic heterocycles. The number of phenols is 1. The number of alkyl halides is 1. The molecule has 0 aliphatic carbocycles. The van der Waals surface area contributed by atoms with Gasteiger partial charge in [-0.15, -0.1) is 0 Å². The van der Waals surface area contributed by atoms with Gasteiger partial charge in [-0.2, -0.15) is 0 Å². The standard InChI is InChI=1S/C9H11FO2/c1-6-7(2)9(12-5-10)4-3-8(6)11/h3-4,11H,5H2,1-2H3. The van der Waals surface area contributed by atoms with Gasteiger partial charge in [0.1, 0.15) is 11.5 Å². The Morgan fingerprint density at radius 1 is 1.33 bits per heavy atom. The number of aromatic hydroxyl groups is 1. The third kappa shape index (κ3) is 1.49. The summed E-state index contributed by atoms with van der Waals surface area (Å²) in [5.41, 5.74) is 1.49. The van der Waals surface area contributed by atoms with Crippen LogP contribution in [0.15, 0.2) is 12.1 Å². The van der Waals surface area contributed by atoms with Crippen LogP contribution in [0.3, 0.4) is 0 Å². The minimum absolute atomic E-state index is 0.207. The predicted molar refractivity (Wildman–Crippen MR) is 44.2 cm³/mol. The molecule has 0 aliphatic rings. The molecule has 1 aromatic rings. The summed E-state index contributed by atoms with van der Waals surface area (Å²) in [5.74, 6) is 0.687. The lowest BCUT2D eigenvalue weighted by Gasteiger charge is -2.08. The second-order valence-electron chi connectivity index (χ2n) is 2.59. The van der Waals surface area contributed by atoms with Crippen LogP contribution < -0.4 is 4.74 Å². The van der Waals surface area contributed by atoms with Crippen molar-refractivity contribution in [2.75, 3.05) is 6.86 Å². The topological polar surface area (TPSA) is 29.5 Å². The molecule has 66 valence electrons. The lowest BCUT2D eigenvalue weighted by atomic mass is 10.1. The highest BCUT2D eigenvalue weighted by molar-refractivity contribution is 5.46. The van der Waals surface area contributed by atoms with Crippen LogP contribution in [0.4, 0.5) is 4.39 Å². The fraction of sp³-hybridized carbons (Fsp3) is 0.333. The number of halogens is 1. The molecule has 0 bridgehead atoms. The second-order valence-corrected chi connectivity index (χ2v) is 2.59. The monoisotopic (exact) mass is 170 g/mol. The van der Waals surface area contributed by atoms with Gasteiger partial charge in [-0.25, -0.2) is 4.39 Å². The van der Waals surface area contributed by atoms with Crippen molar-refractivity contribution >= 4 is 0 Å². The zero-order chi connectivity index (χ0) is 9.14. The van der Waals surface area contributed by atoms with Crippen LogP contribution in [0.2, 0.25) is 0 Å². The van der Waals surface area contributed by atoms with Gasteiger partial charge < -0.3 is 9.84 Å². The molecule has 1 aromatic carbocycles. The Bertz CT molecular complexity index is 284. The first kappa shape index (κ1) is 8.84. The van der Waals surface area contributed by atoms with E-state index in [2.05, 4.69) is 0 Å². The van der Waals surface area contributed by atoms with E-state index in [0.29, 0.717) is 5.75 Å². The fourth-order valence-electron chi connectivity index (χ4n) is 0.997. The quantitative estimate of drug-likeness (QED) is 0.738. The number of phenolic OH excluding ortho intramolecular Hbond substituents is 1. The summed E-state index contributed by atoms with van der Waals surface area (Å²) in [6, 6.07) is 3.05. The van der Waals surface area contributed by atoms with Crippen molar-refractivity contribution < 1.29 is 14.2 Å². The van der Waals surface area contributed by atoms with Crippen LogP contribution in [0, 0.1) is 13.8 Å². The molecule has 0 amide bonds. The molecule has 2 nitrogen and oxygen atoms in total. The van der Waals surface area contributed by atoms with Gasteiger partial charge in [-0.1, -0.05) is 0 Å². The summed E-state index contributed by atoms with van der Waals surface area (Å²) in [4.78, 5) is 0. The zero-order valence-corrected chi connectivity index (χ0v) is 7.10. The summed E-state index contributed by atoms with van der Waals surface area (Å²) < 4.78 is 16.5. The van der Waals surface area contributed by atoms with E-state index in [-0.39, 0.29) is 5.75 Å². The van der Waals surface area contributed by atoms with Gasteiger partial charge in [0.05, 0.1) is 0 Å². The Hall–Kier alpha value is -1.25. The Balaban J connectivity index is 3.08. The SMILES string of the molecule is Cc1c(O)ccc(OCF)c1C. The van der Waals surface area contributed by atoms with Crippen LogP contribution >= 0.6 is 0 Å².